The third-order valence-corrected chi connectivity index (χ3v) is 4.68. The molecule has 1 aromatic heterocycles. The molecule has 0 radical (unpaired) electrons. The van der Waals surface area contributed by atoms with Gasteiger partial charge in [-0.1, -0.05) is 0 Å². The van der Waals surface area contributed by atoms with Crippen molar-refractivity contribution in [1.29, 1.82) is 0 Å². The first kappa shape index (κ1) is 15.8. The maximum Gasteiger partial charge on any atom is 0.225 e. The van der Waals surface area contributed by atoms with E-state index in [1.54, 1.807) is 11.3 Å². The molecule has 2 aliphatic rings. The Kier molecular flexibility index (Phi) is 5.84. The number of carbonyl (C=O) groups is 1. The van der Waals surface area contributed by atoms with Gasteiger partial charge in [-0.25, -0.2) is 0 Å². The van der Waals surface area contributed by atoms with E-state index in [2.05, 4.69) is 22.1 Å². The molecular formula is C14H21ClN2O2S. The van der Waals surface area contributed by atoms with Crippen LogP contribution in [0.2, 0.25) is 0 Å². The molecule has 0 saturated carbocycles. The minimum atomic E-state index is 0. The van der Waals surface area contributed by atoms with Gasteiger partial charge in [0.2, 0.25) is 5.91 Å². The lowest BCUT2D eigenvalue weighted by Crippen LogP contribution is -2.46. The third-order valence-electron chi connectivity index (χ3n) is 3.98. The number of ether oxygens (including phenoxy) is 1. The first-order chi connectivity index (χ1) is 9.34. The molecule has 1 aromatic rings. The van der Waals surface area contributed by atoms with E-state index in [0.29, 0.717) is 19.1 Å². The molecule has 1 unspecified atom stereocenters. The van der Waals surface area contributed by atoms with E-state index in [0.717, 1.165) is 32.5 Å². The summed E-state index contributed by atoms with van der Waals surface area (Å²) in [5.41, 5.74) is 1.20. The van der Waals surface area contributed by atoms with Crippen LogP contribution in [-0.4, -0.2) is 43.6 Å². The maximum absolute atomic E-state index is 12.5. The van der Waals surface area contributed by atoms with Crippen molar-refractivity contribution in [3.63, 3.8) is 0 Å². The van der Waals surface area contributed by atoms with Crippen molar-refractivity contribution in [2.45, 2.75) is 18.9 Å². The minimum absolute atomic E-state index is 0. The van der Waals surface area contributed by atoms with Crippen molar-refractivity contribution in [1.82, 2.24) is 10.2 Å². The van der Waals surface area contributed by atoms with Crippen LogP contribution >= 0.6 is 23.7 Å². The van der Waals surface area contributed by atoms with Gasteiger partial charge in [0.1, 0.15) is 6.10 Å². The number of rotatable bonds is 2. The fourth-order valence-corrected chi connectivity index (χ4v) is 3.54. The average Bonchev–Trinajstić information content (AvgIpc) is 3.02. The predicted octanol–water partition coefficient (Wildman–Crippen LogP) is 2.07. The van der Waals surface area contributed by atoms with Gasteiger partial charge < -0.3 is 15.0 Å². The quantitative estimate of drug-likeness (QED) is 0.908. The van der Waals surface area contributed by atoms with E-state index in [9.17, 15) is 4.79 Å². The van der Waals surface area contributed by atoms with Gasteiger partial charge in [0.05, 0.1) is 13.2 Å². The number of nitrogens with zero attached hydrogens (tertiary/aromatic N) is 1. The highest BCUT2D eigenvalue weighted by Crippen LogP contribution is 2.26. The average molecular weight is 317 g/mol. The summed E-state index contributed by atoms with van der Waals surface area (Å²) in [7, 11) is 0. The van der Waals surface area contributed by atoms with E-state index in [-0.39, 0.29) is 24.4 Å². The van der Waals surface area contributed by atoms with Crippen LogP contribution in [0.5, 0.6) is 0 Å². The topological polar surface area (TPSA) is 41.6 Å². The van der Waals surface area contributed by atoms with Crippen molar-refractivity contribution in [3.05, 3.63) is 22.4 Å². The summed E-state index contributed by atoms with van der Waals surface area (Å²) in [6.45, 7) is 4.03. The van der Waals surface area contributed by atoms with Crippen molar-refractivity contribution in [2.75, 3.05) is 32.8 Å². The number of piperidine rings is 1. The van der Waals surface area contributed by atoms with Crippen molar-refractivity contribution in [2.24, 2.45) is 5.92 Å². The Morgan fingerprint density at radius 2 is 2.20 bits per heavy atom. The molecule has 1 N–H and O–H groups in total. The van der Waals surface area contributed by atoms with Crippen molar-refractivity contribution in [3.8, 4) is 0 Å². The van der Waals surface area contributed by atoms with Gasteiger partial charge in [0, 0.05) is 12.5 Å². The Bertz CT molecular complexity index is 421. The Balaban J connectivity index is 0.00000147. The molecule has 20 heavy (non-hydrogen) atoms. The normalized spacial score (nSPS) is 24.2. The smallest absolute Gasteiger partial charge is 0.225 e. The Morgan fingerprint density at radius 1 is 1.40 bits per heavy atom. The van der Waals surface area contributed by atoms with Gasteiger partial charge in [-0.05, 0) is 48.3 Å². The van der Waals surface area contributed by atoms with Gasteiger partial charge >= 0.3 is 0 Å². The molecule has 3 heterocycles. The highest BCUT2D eigenvalue weighted by molar-refractivity contribution is 7.07. The van der Waals surface area contributed by atoms with Crippen LogP contribution in [0.1, 0.15) is 24.5 Å². The number of morpholine rings is 1. The Hall–Kier alpha value is -0.620. The molecule has 0 spiro atoms. The molecule has 4 nitrogen and oxygen atoms in total. The standard InChI is InChI=1S/C14H20N2O2S.ClH/c17-14(11-1-4-15-5-2-11)16-6-7-18-13(9-16)12-3-8-19-10-12;/h3,8,10-11,13,15H,1-2,4-7,9H2;1H. The minimum Gasteiger partial charge on any atom is -0.370 e. The van der Waals surface area contributed by atoms with E-state index >= 15 is 0 Å². The van der Waals surface area contributed by atoms with Crippen LogP contribution in [0.3, 0.4) is 0 Å². The van der Waals surface area contributed by atoms with Crippen molar-refractivity contribution >= 4 is 29.7 Å². The second-order valence-corrected chi connectivity index (χ2v) is 6.00. The predicted molar refractivity (Wildman–Crippen MR) is 82.4 cm³/mol. The zero-order chi connectivity index (χ0) is 13.1. The number of thiophene rings is 1. The molecule has 112 valence electrons. The van der Waals surface area contributed by atoms with Gasteiger partial charge in [0.15, 0.2) is 0 Å². The number of carbonyl (C=O) groups excluding carboxylic acids is 1. The zero-order valence-corrected chi connectivity index (χ0v) is 13.0. The highest BCUT2D eigenvalue weighted by Gasteiger charge is 2.30. The summed E-state index contributed by atoms with van der Waals surface area (Å²) in [5, 5.41) is 7.49. The van der Waals surface area contributed by atoms with Gasteiger partial charge in [0.25, 0.3) is 0 Å². The van der Waals surface area contributed by atoms with Gasteiger partial charge in [-0.15, -0.1) is 12.4 Å². The third kappa shape index (κ3) is 3.52. The summed E-state index contributed by atoms with van der Waals surface area (Å²) in [6, 6.07) is 2.09. The summed E-state index contributed by atoms with van der Waals surface area (Å²) < 4.78 is 5.79. The number of hydrogen-bond acceptors (Lipinski definition) is 4. The fourth-order valence-electron chi connectivity index (χ4n) is 2.84. The highest BCUT2D eigenvalue weighted by atomic mass is 35.5. The SMILES string of the molecule is Cl.O=C(C1CCNCC1)N1CCOC(c2ccsc2)C1. The fraction of sp³-hybridized carbons (Fsp3) is 0.643. The lowest BCUT2D eigenvalue weighted by atomic mass is 9.96. The molecule has 1 atom stereocenters. The largest absolute Gasteiger partial charge is 0.370 e. The zero-order valence-electron chi connectivity index (χ0n) is 11.4. The molecule has 0 aliphatic carbocycles. The second kappa shape index (κ2) is 7.41. The molecule has 2 fully saturated rings. The number of hydrogen-bond donors (Lipinski definition) is 1. The maximum atomic E-state index is 12.5. The lowest BCUT2D eigenvalue weighted by molar-refractivity contribution is -0.144. The number of halogens is 1. The number of nitrogens with one attached hydrogen (secondary N) is 1. The molecular weight excluding hydrogens is 296 g/mol. The van der Waals surface area contributed by atoms with Crippen LogP contribution < -0.4 is 5.32 Å². The summed E-state index contributed by atoms with van der Waals surface area (Å²) >= 11 is 1.68. The van der Waals surface area contributed by atoms with Crippen LogP contribution in [0.4, 0.5) is 0 Å². The summed E-state index contributed by atoms with van der Waals surface area (Å²) in [4.78, 5) is 14.5. The Labute approximate surface area is 129 Å². The summed E-state index contributed by atoms with van der Waals surface area (Å²) in [5.74, 6) is 0.535. The first-order valence-corrected chi connectivity index (χ1v) is 7.92. The molecule has 2 saturated heterocycles. The van der Waals surface area contributed by atoms with Gasteiger partial charge in [-0.3, -0.25) is 4.79 Å². The Morgan fingerprint density at radius 3 is 2.90 bits per heavy atom. The van der Waals surface area contributed by atoms with E-state index in [1.165, 1.54) is 5.56 Å². The van der Waals surface area contributed by atoms with Crippen LogP contribution in [-0.2, 0) is 9.53 Å². The van der Waals surface area contributed by atoms with E-state index in [1.807, 2.05) is 4.90 Å². The van der Waals surface area contributed by atoms with Crippen LogP contribution in [0, 0.1) is 5.92 Å². The molecule has 0 aromatic carbocycles. The molecule has 3 rings (SSSR count). The molecule has 6 heteroatoms. The van der Waals surface area contributed by atoms with Gasteiger partial charge in [-0.2, -0.15) is 11.3 Å². The van der Waals surface area contributed by atoms with Crippen LogP contribution in [0.15, 0.2) is 16.8 Å². The first-order valence-electron chi connectivity index (χ1n) is 6.98. The molecule has 0 bridgehead atoms. The van der Waals surface area contributed by atoms with E-state index in [4.69, 9.17) is 4.74 Å². The molecule has 1 amide bonds. The monoisotopic (exact) mass is 316 g/mol. The van der Waals surface area contributed by atoms with Crippen LogP contribution in [0.25, 0.3) is 0 Å². The van der Waals surface area contributed by atoms with Crippen molar-refractivity contribution < 1.29 is 9.53 Å². The summed E-state index contributed by atoms with van der Waals surface area (Å²) in [6.07, 6.45) is 2.00. The lowest BCUT2D eigenvalue weighted by Gasteiger charge is -2.36. The molecule has 2 aliphatic heterocycles. The van der Waals surface area contributed by atoms with E-state index < -0.39 is 0 Å². The number of amides is 1. The second-order valence-electron chi connectivity index (χ2n) is 5.22.